The fraction of sp³-hybridized carbons (Fsp3) is 0.552. The molecule has 0 heterocycles. The van der Waals surface area contributed by atoms with E-state index in [4.69, 9.17) is 9.84 Å². The summed E-state index contributed by atoms with van der Waals surface area (Å²) >= 11 is 0. The van der Waals surface area contributed by atoms with Crippen LogP contribution in [0.15, 0.2) is 42.5 Å². The molecule has 0 aliphatic rings. The second-order valence-electron chi connectivity index (χ2n) is 9.29. The Labute approximate surface area is 200 Å². The molecule has 0 bridgehead atoms. The van der Waals surface area contributed by atoms with Gasteiger partial charge in [0.05, 0.1) is 13.0 Å². The summed E-state index contributed by atoms with van der Waals surface area (Å²) in [4.78, 5) is 10.6. The predicted molar refractivity (Wildman–Crippen MR) is 137 cm³/mol. The number of carboxylic acids is 1. The van der Waals surface area contributed by atoms with Gasteiger partial charge >= 0.3 is 5.97 Å². The summed E-state index contributed by atoms with van der Waals surface area (Å²) < 4.78 is 6.00. The summed E-state index contributed by atoms with van der Waals surface area (Å²) in [7, 11) is 0. The molecule has 1 atom stereocenters. The van der Waals surface area contributed by atoms with Gasteiger partial charge in [-0.25, -0.2) is 0 Å². The van der Waals surface area contributed by atoms with Crippen LogP contribution in [0.4, 0.5) is 0 Å². The largest absolute Gasteiger partial charge is 0.494 e. The van der Waals surface area contributed by atoms with Crippen molar-refractivity contribution in [1.29, 1.82) is 0 Å². The van der Waals surface area contributed by atoms with E-state index in [1.807, 2.05) is 24.3 Å². The van der Waals surface area contributed by atoms with E-state index in [-0.39, 0.29) is 6.42 Å². The zero-order chi connectivity index (χ0) is 23.9. The van der Waals surface area contributed by atoms with E-state index in [1.165, 1.54) is 55.2 Å². The molecule has 0 aromatic heterocycles. The molecule has 0 unspecified atom stereocenters. The van der Waals surface area contributed by atoms with Crippen LogP contribution in [0.3, 0.4) is 0 Å². The second kappa shape index (κ2) is 15.5. The summed E-state index contributed by atoms with van der Waals surface area (Å²) in [6.07, 6.45) is 10.2. The minimum Gasteiger partial charge on any atom is -0.494 e. The topological polar surface area (TPSA) is 58.6 Å². The Hall–Kier alpha value is -2.33. The van der Waals surface area contributed by atoms with Gasteiger partial charge < -0.3 is 15.2 Å². The lowest BCUT2D eigenvalue weighted by Gasteiger charge is -2.18. The molecule has 0 saturated carbocycles. The van der Waals surface area contributed by atoms with E-state index in [9.17, 15) is 4.79 Å². The molecule has 0 saturated heterocycles. The highest BCUT2D eigenvalue weighted by atomic mass is 16.5. The van der Waals surface area contributed by atoms with Crippen molar-refractivity contribution in [1.82, 2.24) is 5.32 Å². The first-order chi connectivity index (χ1) is 16.0. The molecular formula is C29H43NO3. The molecule has 0 amide bonds. The van der Waals surface area contributed by atoms with Gasteiger partial charge in [-0.1, -0.05) is 69.4 Å². The molecule has 2 aromatic rings. The van der Waals surface area contributed by atoms with Crippen molar-refractivity contribution in [2.24, 2.45) is 5.92 Å². The molecule has 2 aromatic carbocycles. The monoisotopic (exact) mass is 453 g/mol. The Bertz CT molecular complexity index is 816. The van der Waals surface area contributed by atoms with Gasteiger partial charge in [0.2, 0.25) is 0 Å². The van der Waals surface area contributed by atoms with Gasteiger partial charge in [-0.3, -0.25) is 4.79 Å². The van der Waals surface area contributed by atoms with Crippen LogP contribution in [0.25, 0.3) is 0 Å². The SMILES string of the molecule is CCCCCC[C@@H](CCCOc1ccc(CNCCC(=O)O)cc1)Cc1ccc(C)c(C)c1. The highest BCUT2D eigenvalue weighted by molar-refractivity contribution is 5.66. The van der Waals surface area contributed by atoms with E-state index >= 15 is 0 Å². The van der Waals surface area contributed by atoms with Gasteiger partial charge in [-0.15, -0.1) is 0 Å². The first kappa shape index (κ1) is 26.9. The number of carbonyl (C=O) groups is 1. The van der Waals surface area contributed by atoms with Crippen LogP contribution in [0.2, 0.25) is 0 Å². The number of nitrogens with one attached hydrogen (secondary N) is 1. The molecule has 0 aliphatic heterocycles. The van der Waals surface area contributed by atoms with Crippen molar-refractivity contribution in [3.8, 4) is 5.75 Å². The van der Waals surface area contributed by atoms with Crippen LogP contribution < -0.4 is 10.1 Å². The van der Waals surface area contributed by atoms with Gasteiger partial charge in [0.25, 0.3) is 0 Å². The van der Waals surface area contributed by atoms with Crippen LogP contribution in [0.5, 0.6) is 5.75 Å². The number of hydrogen-bond acceptors (Lipinski definition) is 3. The van der Waals surface area contributed by atoms with E-state index < -0.39 is 5.97 Å². The van der Waals surface area contributed by atoms with Gasteiger partial charge in [0, 0.05) is 13.1 Å². The highest BCUT2D eigenvalue weighted by Gasteiger charge is 2.11. The molecule has 182 valence electrons. The standard InChI is InChI=1S/C29H43NO3/c1-4-5-6-7-9-25(21-27-12-11-23(2)24(3)20-27)10-8-19-33-28-15-13-26(14-16-28)22-30-18-17-29(31)32/h11-16,20,25,30H,4-10,17-19,21-22H2,1-3H3,(H,31,32)/t25-/m0/s1. The van der Waals surface area contributed by atoms with E-state index in [0.29, 0.717) is 19.0 Å². The van der Waals surface area contributed by atoms with E-state index in [0.717, 1.165) is 30.8 Å². The molecule has 0 aliphatic carbocycles. The third-order valence-electron chi connectivity index (χ3n) is 6.36. The molecule has 0 fully saturated rings. The Morgan fingerprint density at radius 3 is 2.36 bits per heavy atom. The first-order valence-corrected chi connectivity index (χ1v) is 12.7. The van der Waals surface area contributed by atoms with E-state index in [1.54, 1.807) is 0 Å². The summed E-state index contributed by atoms with van der Waals surface area (Å²) in [5.74, 6) is 0.841. The minimum absolute atomic E-state index is 0.143. The molecular weight excluding hydrogens is 410 g/mol. The van der Waals surface area contributed by atoms with Crippen LogP contribution in [0.1, 0.15) is 80.5 Å². The lowest BCUT2D eigenvalue weighted by Crippen LogP contribution is -2.17. The Morgan fingerprint density at radius 2 is 1.67 bits per heavy atom. The highest BCUT2D eigenvalue weighted by Crippen LogP contribution is 2.23. The Morgan fingerprint density at radius 1 is 0.939 bits per heavy atom. The molecule has 4 heteroatoms. The number of aryl methyl sites for hydroxylation is 2. The molecule has 4 nitrogen and oxygen atoms in total. The smallest absolute Gasteiger partial charge is 0.304 e. The number of rotatable bonds is 17. The number of aliphatic carboxylic acids is 1. The molecule has 0 radical (unpaired) electrons. The zero-order valence-corrected chi connectivity index (χ0v) is 20.9. The predicted octanol–water partition coefficient (Wildman–Crippen LogP) is 6.86. The van der Waals surface area contributed by atoms with Crippen LogP contribution >= 0.6 is 0 Å². The first-order valence-electron chi connectivity index (χ1n) is 12.7. The summed E-state index contributed by atoms with van der Waals surface area (Å²) in [6, 6.07) is 15.0. The zero-order valence-electron chi connectivity index (χ0n) is 20.9. The fourth-order valence-corrected chi connectivity index (χ4v) is 4.17. The number of unbranched alkanes of at least 4 members (excludes halogenated alkanes) is 3. The molecule has 33 heavy (non-hydrogen) atoms. The van der Waals surface area contributed by atoms with Gasteiger partial charge in [-0.05, 0) is 73.4 Å². The average molecular weight is 454 g/mol. The number of benzene rings is 2. The fourth-order valence-electron chi connectivity index (χ4n) is 4.17. The molecule has 0 spiro atoms. The second-order valence-corrected chi connectivity index (χ2v) is 9.29. The Balaban J connectivity index is 1.75. The summed E-state index contributed by atoms with van der Waals surface area (Å²) in [5.41, 5.74) is 5.36. The molecule has 2 N–H and O–H groups in total. The maximum atomic E-state index is 10.6. The lowest BCUT2D eigenvalue weighted by atomic mass is 9.89. The van der Waals surface area contributed by atoms with Gasteiger partial charge in [0.1, 0.15) is 5.75 Å². The van der Waals surface area contributed by atoms with Crippen LogP contribution in [-0.4, -0.2) is 24.2 Å². The Kier molecular flexibility index (Phi) is 12.6. The van der Waals surface area contributed by atoms with Crippen molar-refractivity contribution in [3.05, 3.63) is 64.7 Å². The number of ether oxygens (including phenoxy) is 1. The van der Waals surface area contributed by atoms with E-state index in [2.05, 4.69) is 44.3 Å². The minimum atomic E-state index is -0.775. The van der Waals surface area contributed by atoms with Crippen molar-refractivity contribution < 1.29 is 14.6 Å². The van der Waals surface area contributed by atoms with Crippen LogP contribution in [0, 0.1) is 19.8 Å². The number of carboxylic acid groups (broad SMARTS) is 1. The summed E-state index contributed by atoms with van der Waals surface area (Å²) in [6.45, 7) is 8.56. The lowest BCUT2D eigenvalue weighted by molar-refractivity contribution is -0.136. The third-order valence-corrected chi connectivity index (χ3v) is 6.36. The maximum absolute atomic E-state index is 10.6. The van der Waals surface area contributed by atoms with Gasteiger partial charge in [0.15, 0.2) is 0 Å². The number of hydrogen-bond donors (Lipinski definition) is 2. The van der Waals surface area contributed by atoms with Crippen molar-refractivity contribution in [2.75, 3.05) is 13.2 Å². The summed E-state index contributed by atoms with van der Waals surface area (Å²) in [5, 5.41) is 11.8. The third kappa shape index (κ3) is 11.4. The average Bonchev–Trinajstić information content (AvgIpc) is 2.80. The van der Waals surface area contributed by atoms with Crippen LogP contribution in [-0.2, 0) is 17.8 Å². The normalized spacial score (nSPS) is 12.0. The molecule has 2 rings (SSSR count). The quantitative estimate of drug-likeness (QED) is 0.257. The van der Waals surface area contributed by atoms with Gasteiger partial charge in [-0.2, -0.15) is 0 Å². The maximum Gasteiger partial charge on any atom is 0.304 e. The van der Waals surface area contributed by atoms with Crippen molar-refractivity contribution in [3.63, 3.8) is 0 Å². The van der Waals surface area contributed by atoms with Crippen molar-refractivity contribution in [2.45, 2.75) is 85.1 Å². The van der Waals surface area contributed by atoms with Crippen molar-refractivity contribution >= 4 is 5.97 Å².